The summed E-state index contributed by atoms with van der Waals surface area (Å²) in [6.07, 6.45) is -5.84. The van der Waals surface area contributed by atoms with E-state index in [9.17, 15) is 22.0 Å². The van der Waals surface area contributed by atoms with Crippen LogP contribution in [-0.4, -0.2) is 22.3 Å². The van der Waals surface area contributed by atoms with E-state index in [-0.39, 0.29) is 12.4 Å². The first-order valence-corrected chi connectivity index (χ1v) is 4.30. The lowest BCUT2D eigenvalue weighted by atomic mass is 9.99. The highest BCUT2D eigenvalue weighted by atomic mass is 35.5. The van der Waals surface area contributed by atoms with Gasteiger partial charge in [0.05, 0.1) is 0 Å². The summed E-state index contributed by atoms with van der Waals surface area (Å²) in [4.78, 5) is 0. The molecular formula is C9H9ClF5NO2. The Balaban J connectivity index is 0.00000289. The van der Waals surface area contributed by atoms with Gasteiger partial charge in [0.2, 0.25) is 0 Å². The van der Waals surface area contributed by atoms with Gasteiger partial charge in [-0.1, -0.05) is 12.1 Å². The molecule has 0 radical (unpaired) electrons. The third-order valence-electron chi connectivity index (χ3n) is 2.15. The minimum absolute atomic E-state index is 0. The van der Waals surface area contributed by atoms with Crippen molar-refractivity contribution in [1.29, 1.82) is 0 Å². The molecule has 0 aromatic heterocycles. The molecule has 3 nitrogen and oxygen atoms in total. The molecule has 1 aromatic carbocycles. The molecule has 1 rings (SSSR count). The summed E-state index contributed by atoms with van der Waals surface area (Å²) >= 11 is 0. The number of phenolic OH excluding ortho intramolecular Hbond substituents is 2. The Hall–Kier alpha value is -1.28. The van der Waals surface area contributed by atoms with Crippen LogP contribution in [0.3, 0.4) is 0 Å². The highest BCUT2D eigenvalue weighted by molar-refractivity contribution is 5.85. The highest BCUT2D eigenvalue weighted by Crippen LogP contribution is 2.46. The molecule has 0 saturated heterocycles. The van der Waals surface area contributed by atoms with Gasteiger partial charge in [0.1, 0.15) is 6.04 Å². The Morgan fingerprint density at radius 2 is 1.56 bits per heavy atom. The second-order valence-corrected chi connectivity index (χ2v) is 3.31. The van der Waals surface area contributed by atoms with Crippen LogP contribution in [-0.2, 0) is 0 Å². The zero-order chi connectivity index (χ0) is 13.4. The number of alkyl halides is 5. The number of para-hydroxylation sites is 1. The first-order valence-electron chi connectivity index (χ1n) is 4.30. The summed E-state index contributed by atoms with van der Waals surface area (Å²) in [5.74, 6) is -7.13. The van der Waals surface area contributed by atoms with E-state index in [4.69, 9.17) is 15.9 Å². The van der Waals surface area contributed by atoms with Crippen LogP contribution in [0.2, 0.25) is 0 Å². The van der Waals surface area contributed by atoms with Gasteiger partial charge in [-0.25, -0.2) is 0 Å². The first kappa shape index (κ1) is 16.7. The fraction of sp³-hybridized carbons (Fsp3) is 0.333. The van der Waals surface area contributed by atoms with Gasteiger partial charge >= 0.3 is 12.1 Å². The predicted molar refractivity (Wildman–Crippen MR) is 55.0 cm³/mol. The van der Waals surface area contributed by atoms with Crippen LogP contribution in [0.1, 0.15) is 11.6 Å². The van der Waals surface area contributed by atoms with Crippen LogP contribution in [0, 0.1) is 0 Å². The van der Waals surface area contributed by atoms with Gasteiger partial charge in [-0.05, 0) is 6.07 Å². The van der Waals surface area contributed by atoms with Crippen molar-refractivity contribution in [2.24, 2.45) is 5.73 Å². The minimum atomic E-state index is -5.84. The zero-order valence-electron chi connectivity index (χ0n) is 8.58. The van der Waals surface area contributed by atoms with E-state index in [2.05, 4.69) is 0 Å². The molecule has 0 saturated carbocycles. The second kappa shape index (κ2) is 5.15. The van der Waals surface area contributed by atoms with Crippen molar-refractivity contribution < 1.29 is 32.2 Å². The van der Waals surface area contributed by atoms with E-state index in [1.165, 1.54) is 0 Å². The van der Waals surface area contributed by atoms with Crippen molar-refractivity contribution in [3.05, 3.63) is 23.8 Å². The fourth-order valence-corrected chi connectivity index (χ4v) is 1.17. The topological polar surface area (TPSA) is 66.5 Å². The maximum Gasteiger partial charge on any atom is 0.455 e. The second-order valence-electron chi connectivity index (χ2n) is 3.31. The molecule has 0 amide bonds. The third kappa shape index (κ3) is 2.75. The number of aromatic hydroxyl groups is 2. The number of phenols is 2. The van der Waals surface area contributed by atoms with Gasteiger partial charge in [0, 0.05) is 5.56 Å². The number of nitrogens with two attached hydrogens (primary N) is 1. The molecule has 0 bridgehead atoms. The Morgan fingerprint density at radius 3 is 2.00 bits per heavy atom. The lowest BCUT2D eigenvalue weighted by Gasteiger charge is -2.26. The highest BCUT2D eigenvalue weighted by Gasteiger charge is 2.62. The summed E-state index contributed by atoms with van der Waals surface area (Å²) in [6, 6.07) is -0.0949. The minimum Gasteiger partial charge on any atom is -0.504 e. The van der Waals surface area contributed by atoms with Crippen LogP contribution >= 0.6 is 12.4 Å². The van der Waals surface area contributed by atoms with Crippen molar-refractivity contribution in [3.8, 4) is 11.5 Å². The predicted octanol–water partition coefficient (Wildman–Crippen LogP) is 2.72. The van der Waals surface area contributed by atoms with Gasteiger partial charge in [0.25, 0.3) is 0 Å². The van der Waals surface area contributed by atoms with Gasteiger partial charge in [-0.3, -0.25) is 0 Å². The molecule has 9 heteroatoms. The van der Waals surface area contributed by atoms with E-state index in [0.29, 0.717) is 0 Å². The standard InChI is InChI=1S/C9H8F5NO2.ClH/c10-8(11,9(12,13)14)7(15)4-2-1-3-5(16)6(4)17;/h1-3,7,16-17H,15H2;1H/t7-;/m0./s1. The van der Waals surface area contributed by atoms with Crippen LogP contribution in [0.4, 0.5) is 22.0 Å². The molecule has 0 spiro atoms. The lowest BCUT2D eigenvalue weighted by molar-refractivity contribution is -0.291. The van der Waals surface area contributed by atoms with Gasteiger partial charge in [-0.2, -0.15) is 22.0 Å². The Labute approximate surface area is 104 Å². The van der Waals surface area contributed by atoms with Gasteiger partial charge in [-0.15, -0.1) is 12.4 Å². The molecule has 0 aliphatic carbocycles. The molecule has 1 aromatic rings. The third-order valence-corrected chi connectivity index (χ3v) is 2.15. The number of hydrogen-bond donors (Lipinski definition) is 3. The Morgan fingerprint density at radius 1 is 1.06 bits per heavy atom. The molecule has 4 N–H and O–H groups in total. The Kier molecular flexibility index (Phi) is 4.78. The van der Waals surface area contributed by atoms with Crippen molar-refractivity contribution >= 4 is 12.4 Å². The van der Waals surface area contributed by atoms with Crippen molar-refractivity contribution in [1.82, 2.24) is 0 Å². The zero-order valence-corrected chi connectivity index (χ0v) is 9.40. The lowest BCUT2D eigenvalue weighted by Crippen LogP contribution is -2.45. The number of rotatable bonds is 2. The maximum atomic E-state index is 12.9. The average molecular weight is 294 g/mol. The summed E-state index contributed by atoms with van der Waals surface area (Å²) in [7, 11) is 0. The van der Waals surface area contributed by atoms with Gasteiger partial charge < -0.3 is 15.9 Å². The normalized spacial score (nSPS) is 13.9. The van der Waals surface area contributed by atoms with Crippen molar-refractivity contribution in [3.63, 3.8) is 0 Å². The summed E-state index contributed by atoms with van der Waals surface area (Å²) in [5, 5.41) is 18.2. The smallest absolute Gasteiger partial charge is 0.455 e. The quantitative estimate of drug-likeness (QED) is 0.580. The van der Waals surface area contributed by atoms with E-state index in [1.807, 2.05) is 0 Å². The molecule has 0 aliphatic rings. The summed E-state index contributed by atoms with van der Waals surface area (Å²) < 4.78 is 61.8. The molecule has 18 heavy (non-hydrogen) atoms. The SMILES string of the molecule is Cl.N[C@@H](c1cccc(O)c1O)C(F)(F)C(F)(F)F. The summed E-state index contributed by atoms with van der Waals surface area (Å²) in [5.41, 5.74) is 3.91. The van der Waals surface area contributed by atoms with E-state index in [1.54, 1.807) is 0 Å². The van der Waals surface area contributed by atoms with E-state index in [0.717, 1.165) is 18.2 Å². The largest absolute Gasteiger partial charge is 0.504 e. The molecular weight excluding hydrogens is 285 g/mol. The Bertz CT molecular complexity index is 424. The van der Waals surface area contributed by atoms with Crippen LogP contribution in [0.15, 0.2) is 18.2 Å². The van der Waals surface area contributed by atoms with Gasteiger partial charge in [0.15, 0.2) is 11.5 Å². The van der Waals surface area contributed by atoms with Crippen LogP contribution in [0.25, 0.3) is 0 Å². The number of hydrogen-bond acceptors (Lipinski definition) is 3. The summed E-state index contributed by atoms with van der Waals surface area (Å²) in [6.45, 7) is 0. The monoisotopic (exact) mass is 293 g/mol. The molecule has 0 heterocycles. The van der Waals surface area contributed by atoms with Crippen molar-refractivity contribution in [2.75, 3.05) is 0 Å². The van der Waals surface area contributed by atoms with E-state index >= 15 is 0 Å². The first-order chi connectivity index (χ1) is 7.59. The molecule has 0 unspecified atom stereocenters. The number of halogens is 6. The average Bonchev–Trinajstić information content (AvgIpc) is 2.19. The molecule has 1 atom stereocenters. The maximum absolute atomic E-state index is 12.9. The van der Waals surface area contributed by atoms with Crippen LogP contribution in [0.5, 0.6) is 11.5 Å². The molecule has 104 valence electrons. The molecule has 0 aliphatic heterocycles. The number of benzene rings is 1. The van der Waals surface area contributed by atoms with E-state index < -0.39 is 35.2 Å². The fourth-order valence-electron chi connectivity index (χ4n) is 1.17. The van der Waals surface area contributed by atoms with Crippen molar-refractivity contribution in [2.45, 2.75) is 18.1 Å². The molecule has 0 fully saturated rings. The van der Waals surface area contributed by atoms with Crippen LogP contribution < -0.4 is 5.73 Å².